The van der Waals surface area contributed by atoms with E-state index in [9.17, 15) is 14.4 Å². The summed E-state index contributed by atoms with van der Waals surface area (Å²) in [7, 11) is 0. The Labute approximate surface area is 169 Å². The van der Waals surface area contributed by atoms with E-state index in [-0.39, 0.29) is 30.2 Å². The van der Waals surface area contributed by atoms with Gasteiger partial charge in [-0.25, -0.2) is 4.79 Å². The van der Waals surface area contributed by atoms with Gasteiger partial charge in [0, 0.05) is 19.5 Å². The van der Waals surface area contributed by atoms with Crippen molar-refractivity contribution in [3.05, 3.63) is 65.7 Å². The first-order valence-electron chi connectivity index (χ1n) is 9.49. The van der Waals surface area contributed by atoms with Crippen molar-refractivity contribution in [3.8, 4) is 5.75 Å². The zero-order valence-corrected chi connectivity index (χ0v) is 16.2. The Morgan fingerprint density at radius 3 is 2.52 bits per heavy atom. The third-order valence-electron chi connectivity index (χ3n) is 4.90. The molecule has 152 valence electrons. The third kappa shape index (κ3) is 5.57. The number of hydrogen-bond acceptors (Lipinski definition) is 4. The highest BCUT2D eigenvalue weighted by Crippen LogP contribution is 2.23. The number of likely N-dealkylation sites (tertiary alicyclic amines) is 1. The Bertz CT molecular complexity index is 867. The summed E-state index contributed by atoms with van der Waals surface area (Å²) in [5.41, 5.74) is 1.91. The summed E-state index contributed by atoms with van der Waals surface area (Å²) in [6.45, 7) is 2.38. The van der Waals surface area contributed by atoms with E-state index in [2.05, 4.69) is 5.32 Å². The first-order chi connectivity index (χ1) is 13.9. The number of rotatable bonds is 8. The minimum atomic E-state index is -1.04. The second kappa shape index (κ2) is 9.23. The molecule has 2 unspecified atom stereocenters. The molecule has 2 amide bonds. The molecule has 2 atom stereocenters. The number of nitrogens with zero attached hydrogens (tertiary/aromatic N) is 1. The Morgan fingerprint density at radius 2 is 1.86 bits per heavy atom. The number of carboxylic acid groups (broad SMARTS) is 1. The number of ether oxygens (including phenoxy) is 1. The fraction of sp³-hybridized carbons (Fsp3) is 0.318. The van der Waals surface area contributed by atoms with Gasteiger partial charge in [0.25, 0.3) is 0 Å². The molecule has 1 aliphatic heterocycles. The minimum absolute atomic E-state index is 0.0124. The zero-order valence-electron chi connectivity index (χ0n) is 16.2. The van der Waals surface area contributed by atoms with Gasteiger partial charge in [-0.2, -0.15) is 0 Å². The maximum Gasteiger partial charge on any atom is 0.341 e. The molecule has 3 rings (SSSR count). The van der Waals surface area contributed by atoms with Gasteiger partial charge in [-0.15, -0.1) is 0 Å². The highest BCUT2D eigenvalue weighted by molar-refractivity contribution is 5.89. The molecule has 2 aromatic rings. The number of carbonyl (C=O) groups is 3. The molecular weight excluding hydrogens is 372 g/mol. The highest BCUT2D eigenvalue weighted by Gasteiger charge is 2.34. The number of benzene rings is 2. The lowest BCUT2D eigenvalue weighted by atomic mass is 10.0. The molecule has 1 aliphatic rings. The first kappa shape index (κ1) is 20.4. The van der Waals surface area contributed by atoms with Crippen LogP contribution in [0, 0.1) is 5.92 Å². The van der Waals surface area contributed by atoms with E-state index in [1.54, 1.807) is 29.2 Å². The van der Waals surface area contributed by atoms with Crippen LogP contribution in [-0.2, 0) is 20.9 Å². The van der Waals surface area contributed by atoms with Crippen molar-refractivity contribution in [3.63, 3.8) is 0 Å². The van der Waals surface area contributed by atoms with Crippen molar-refractivity contribution in [1.29, 1.82) is 0 Å². The van der Waals surface area contributed by atoms with Crippen LogP contribution in [0.1, 0.15) is 30.5 Å². The number of amides is 2. The van der Waals surface area contributed by atoms with E-state index < -0.39 is 12.6 Å². The Morgan fingerprint density at radius 1 is 1.17 bits per heavy atom. The van der Waals surface area contributed by atoms with Crippen LogP contribution in [0.4, 0.5) is 0 Å². The minimum Gasteiger partial charge on any atom is -0.482 e. The number of carboxylic acids is 1. The standard InChI is InChI=1S/C22H24N2O5/c1-15(17-7-9-19(10-8-17)29-14-21(26)27)23-22(28)18-11-20(25)24(13-18)12-16-5-3-2-4-6-16/h2-10,15,18H,11-14H2,1H3,(H,23,28)(H,26,27). The fourth-order valence-corrected chi connectivity index (χ4v) is 3.32. The Kier molecular flexibility index (Phi) is 6.49. The summed E-state index contributed by atoms with van der Waals surface area (Å²) in [4.78, 5) is 37.2. The Balaban J connectivity index is 1.53. The van der Waals surface area contributed by atoms with Crippen LogP contribution in [-0.4, -0.2) is 40.9 Å². The average Bonchev–Trinajstić information content (AvgIpc) is 3.08. The predicted molar refractivity (Wildman–Crippen MR) is 106 cm³/mol. The number of hydrogen-bond donors (Lipinski definition) is 2. The molecule has 1 saturated heterocycles. The second-order valence-corrected chi connectivity index (χ2v) is 7.14. The Hall–Kier alpha value is -3.35. The van der Waals surface area contributed by atoms with Gasteiger partial charge in [0.2, 0.25) is 11.8 Å². The third-order valence-corrected chi connectivity index (χ3v) is 4.90. The maximum atomic E-state index is 12.6. The van der Waals surface area contributed by atoms with E-state index in [4.69, 9.17) is 9.84 Å². The molecule has 1 fully saturated rings. The number of carbonyl (C=O) groups excluding carboxylic acids is 2. The van der Waals surface area contributed by atoms with Crippen LogP contribution < -0.4 is 10.1 Å². The van der Waals surface area contributed by atoms with Crippen molar-refractivity contribution < 1.29 is 24.2 Å². The van der Waals surface area contributed by atoms with Gasteiger partial charge < -0.3 is 20.1 Å². The first-order valence-corrected chi connectivity index (χ1v) is 9.49. The van der Waals surface area contributed by atoms with Crippen molar-refractivity contribution in [2.24, 2.45) is 5.92 Å². The zero-order chi connectivity index (χ0) is 20.8. The van der Waals surface area contributed by atoms with Crippen LogP contribution in [0.15, 0.2) is 54.6 Å². The van der Waals surface area contributed by atoms with Crippen LogP contribution in [0.3, 0.4) is 0 Å². The molecule has 7 heteroatoms. The average molecular weight is 396 g/mol. The van der Waals surface area contributed by atoms with Crippen LogP contribution in [0.2, 0.25) is 0 Å². The molecule has 1 heterocycles. The summed E-state index contributed by atoms with van der Waals surface area (Å²) in [5, 5.41) is 11.6. The number of aliphatic carboxylic acids is 1. The van der Waals surface area contributed by atoms with E-state index in [0.29, 0.717) is 18.8 Å². The van der Waals surface area contributed by atoms with E-state index in [1.807, 2.05) is 37.3 Å². The molecular formula is C22H24N2O5. The number of nitrogens with one attached hydrogen (secondary N) is 1. The molecule has 7 nitrogen and oxygen atoms in total. The largest absolute Gasteiger partial charge is 0.482 e. The molecule has 0 radical (unpaired) electrons. The monoisotopic (exact) mass is 396 g/mol. The van der Waals surface area contributed by atoms with Crippen molar-refractivity contribution in [2.75, 3.05) is 13.2 Å². The van der Waals surface area contributed by atoms with Gasteiger partial charge in [-0.05, 0) is 30.2 Å². The highest BCUT2D eigenvalue weighted by atomic mass is 16.5. The van der Waals surface area contributed by atoms with Crippen molar-refractivity contribution >= 4 is 17.8 Å². The molecule has 0 spiro atoms. The second-order valence-electron chi connectivity index (χ2n) is 7.14. The molecule has 0 aromatic heterocycles. The molecule has 29 heavy (non-hydrogen) atoms. The molecule has 0 aliphatic carbocycles. The van der Waals surface area contributed by atoms with Gasteiger partial charge in [-0.3, -0.25) is 9.59 Å². The van der Waals surface area contributed by atoms with Gasteiger partial charge in [0.15, 0.2) is 6.61 Å². The maximum absolute atomic E-state index is 12.6. The fourth-order valence-electron chi connectivity index (χ4n) is 3.32. The van der Waals surface area contributed by atoms with Gasteiger partial charge in [-0.1, -0.05) is 42.5 Å². The van der Waals surface area contributed by atoms with Gasteiger partial charge >= 0.3 is 5.97 Å². The topological polar surface area (TPSA) is 95.9 Å². The van der Waals surface area contributed by atoms with Crippen LogP contribution >= 0.6 is 0 Å². The van der Waals surface area contributed by atoms with Crippen molar-refractivity contribution in [1.82, 2.24) is 10.2 Å². The van der Waals surface area contributed by atoms with E-state index in [1.165, 1.54) is 0 Å². The van der Waals surface area contributed by atoms with Gasteiger partial charge in [0.05, 0.1) is 12.0 Å². The lowest BCUT2D eigenvalue weighted by Crippen LogP contribution is -2.34. The predicted octanol–water partition coefficient (Wildman–Crippen LogP) is 2.38. The van der Waals surface area contributed by atoms with Gasteiger partial charge in [0.1, 0.15) is 5.75 Å². The van der Waals surface area contributed by atoms with Crippen LogP contribution in [0.5, 0.6) is 5.75 Å². The SMILES string of the molecule is CC(NC(=O)C1CC(=O)N(Cc2ccccc2)C1)c1ccc(OCC(=O)O)cc1. The van der Waals surface area contributed by atoms with E-state index in [0.717, 1.165) is 11.1 Å². The lowest BCUT2D eigenvalue weighted by molar-refractivity contribution is -0.139. The lowest BCUT2D eigenvalue weighted by Gasteiger charge is -2.19. The molecule has 2 N–H and O–H groups in total. The smallest absolute Gasteiger partial charge is 0.341 e. The summed E-state index contributed by atoms with van der Waals surface area (Å²) >= 11 is 0. The van der Waals surface area contributed by atoms with E-state index >= 15 is 0 Å². The van der Waals surface area contributed by atoms with Crippen LogP contribution in [0.25, 0.3) is 0 Å². The summed E-state index contributed by atoms with van der Waals surface area (Å²) in [6, 6.07) is 16.4. The molecule has 0 saturated carbocycles. The quantitative estimate of drug-likeness (QED) is 0.714. The summed E-state index contributed by atoms with van der Waals surface area (Å²) < 4.78 is 5.11. The summed E-state index contributed by atoms with van der Waals surface area (Å²) in [5.74, 6) is -1.12. The van der Waals surface area contributed by atoms with Crippen molar-refractivity contribution in [2.45, 2.75) is 25.9 Å². The normalized spacial score (nSPS) is 17.1. The summed E-state index contributed by atoms with van der Waals surface area (Å²) in [6.07, 6.45) is 0.216. The molecule has 2 aromatic carbocycles. The molecule has 0 bridgehead atoms.